The molecule has 0 atom stereocenters. The topological polar surface area (TPSA) is 20.2 Å². The van der Waals surface area contributed by atoms with Gasteiger partial charge in [-0.3, -0.25) is 0 Å². The van der Waals surface area contributed by atoms with Crippen LogP contribution in [0.4, 0.5) is 0 Å². The van der Waals surface area contributed by atoms with Crippen molar-refractivity contribution in [1.82, 2.24) is 0 Å². The van der Waals surface area contributed by atoms with Gasteiger partial charge in [0.25, 0.3) is 0 Å². The highest BCUT2D eigenvalue weighted by molar-refractivity contribution is 5.53. The first kappa shape index (κ1) is 20.2. The molecular weight excluding hydrogens is 340 g/mol. The van der Waals surface area contributed by atoms with Crippen LogP contribution >= 0.6 is 0 Å². The van der Waals surface area contributed by atoms with Crippen LogP contribution in [0.25, 0.3) is 0 Å². The smallest absolute Gasteiger partial charge is 0.119 e. The van der Waals surface area contributed by atoms with E-state index < -0.39 is 0 Å². The van der Waals surface area contributed by atoms with Gasteiger partial charge in [0.05, 0.1) is 0 Å². The maximum Gasteiger partial charge on any atom is 0.119 e. The van der Waals surface area contributed by atoms with E-state index in [0.717, 1.165) is 11.1 Å². The van der Waals surface area contributed by atoms with Gasteiger partial charge in [-0.1, -0.05) is 93.4 Å². The summed E-state index contributed by atoms with van der Waals surface area (Å²) in [6.45, 7) is 15.2. The lowest BCUT2D eigenvalue weighted by Crippen LogP contribution is -2.24. The molecule has 28 heavy (non-hydrogen) atoms. The van der Waals surface area contributed by atoms with Gasteiger partial charge in [-0.2, -0.15) is 0 Å². The van der Waals surface area contributed by atoms with Gasteiger partial charge in [0.2, 0.25) is 0 Å². The molecule has 3 rings (SSSR count). The molecule has 0 aliphatic carbocycles. The Morgan fingerprint density at radius 2 is 1.11 bits per heavy atom. The minimum Gasteiger partial charge on any atom is -0.508 e. The van der Waals surface area contributed by atoms with Gasteiger partial charge >= 0.3 is 0 Å². The van der Waals surface area contributed by atoms with Crippen molar-refractivity contribution >= 4 is 0 Å². The van der Waals surface area contributed by atoms with Gasteiger partial charge in [0.15, 0.2) is 0 Å². The monoisotopic (exact) mass is 372 g/mol. The third kappa shape index (κ3) is 3.58. The fourth-order valence-corrected chi connectivity index (χ4v) is 4.10. The molecule has 0 bridgehead atoms. The van der Waals surface area contributed by atoms with Crippen molar-refractivity contribution in [3.8, 4) is 5.75 Å². The van der Waals surface area contributed by atoms with Crippen LogP contribution in [0.2, 0.25) is 0 Å². The molecule has 0 saturated heterocycles. The Labute approximate surface area is 170 Å². The number of phenolic OH excluding ortho intramolecular Hbond substituents is 1. The van der Waals surface area contributed by atoms with Crippen molar-refractivity contribution in [1.29, 1.82) is 0 Å². The summed E-state index contributed by atoms with van der Waals surface area (Å²) in [4.78, 5) is 0. The highest BCUT2D eigenvalue weighted by atomic mass is 16.3. The van der Waals surface area contributed by atoms with Gasteiger partial charge in [-0.05, 0) is 54.7 Å². The number of aromatic hydroxyl groups is 1. The van der Waals surface area contributed by atoms with E-state index in [2.05, 4.69) is 96.1 Å². The molecule has 146 valence electrons. The minimum absolute atomic E-state index is 0.200. The molecule has 0 aromatic heterocycles. The highest BCUT2D eigenvalue weighted by Crippen LogP contribution is 2.41. The number of benzene rings is 3. The Morgan fingerprint density at radius 3 is 1.61 bits per heavy atom. The normalized spacial score (nSPS) is 12.2. The summed E-state index contributed by atoms with van der Waals surface area (Å²) in [5.74, 6) is 0.369. The van der Waals surface area contributed by atoms with E-state index in [9.17, 15) is 5.11 Å². The van der Waals surface area contributed by atoms with Gasteiger partial charge in [0.1, 0.15) is 5.75 Å². The van der Waals surface area contributed by atoms with E-state index in [1.165, 1.54) is 27.8 Å². The highest BCUT2D eigenvalue weighted by Gasteiger charge is 2.30. The molecule has 1 N–H and O–H groups in total. The summed E-state index contributed by atoms with van der Waals surface area (Å²) in [6.07, 6.45) is 0. The second-order valence-corrected chi connectivity index (χ2v) is 9.16. The van der Waals surface area contributed by atoms with E-state index in [1.807, 2.05) is 13.0 Å². The predicted octanol–water partition coefficient (Wildman–Crippen LogP) is 6.97. The van der Waals surface area contributed by atoms with Crippen molar-refractivity contribution in [2.24, 2.45) is 0 Å². The van der Waals surface area contributed by atoms with Crippen LogP contribution in [0.3, 0.4) is 0 Å². The van der Waals surface area contributed by atoms with Crippen LogP contribution in [0, 0.1) is 20.8 Å². The Kier molecular flexibility index (Phi) is 5.14. The standard InChI is InChI=1S/C27H32O/c1-18-10-8-12-21(14-18)26(4,5)23-16-24(20(3)25(28)17-23)27(6,7)22-13-9-11-19(2)15-22/h8-17,28H,1-7H3. The molecule has 0 aliphatic heterocycles. The zero-order valence-corrected chi connectivity index (χ0v) is 18.2. The first-order chi connectivity index (χ1) is 13.0. The Bertz CT molecular complexity index is 1010. The van der Waals surface area contributed by atoms with Crippen molar-refractivity contribution in [3.05, 3.63) is 99.6 Å². The van der Waals surface area contributed by atoms with Crippen LogP contribution < -0.4 is 0 Å². The molecule has 0 radical (unpaired) electrons. The fourth-order valence-electron chi connectivity index (χ4n) is 4.10. The lowest BCUT2D eigenvalue weighted by Gasteiger charge is -2.33. The largest absolute Gasteiger partial charge is 0.508 e. The molecule has 0 unspecified atom stereocenters. The molecular formula is C27H32O. The number of hydrogen-bond donors (Lipinski definition) is 1. The zero-order chi connectivity index (χ0) is 20.7. The summed E-state index contributed by atoms with van der Waals surface area (Å²) in [5.41, 5.74) is 7.89. The van der Waals surface area contributed by atoms with E-state index in [4.69, 9.17) is 0 Å². The first-order valence-electron chi connectivity index (χ1n) is 10.0. The summed E-state index contributed by atoms with van der Waals surface area (Å²) < 4.78 is 0. The maximum atomic E-state index is 10.8. The number of aryl methyl sites for hydroxylation is 2. The molecule has 0 spiro atoms. The molecule has 0 heterocycles. The molecule has 3 aromatic carbocycles. The lowest BCUT2D eigenvalue weighted by atomic mass is 9.71. The molecule has 1 heteroatoms. The zero-order valence-electron chi connectivity index (χ0n) is 18.2. The van der Waals surface area contributed by atoms with Gasteiger partial charge < -0.3 is 5.11 Å². The SMILES string of the molecule is Cc1cccc(C(C)(C)c2cc(O)c(C)c(C(C)(C)c3cccc(C)c3)c2)c1. The second kappa shape index (κ2) is 7.13. The van der Waals surface area contributed by atoms with E-state index >= 15 is 0 Å². The molecule has 0 aliphatic rings. The van der Waals surface area contributed by atoms with E-state index in [1.54, 1.807) is 0 Å². The summed E-state index contributed by atoms with van der Waals surface area (Å²) in [5, 5.41) is 10.8. The average Bonchev–Trinajstić information content (AvgIpc) is 2.63. The summed E-state index contributed by atoms with van der Waals surface area (Å²) in [6, 6.07) is 21.5. The average molecular weight is 373 g/mol. The van der Waals surface area contributed by atoms with Crippen molar-refractivity contribution in [2.75, 3.05) is 0 Å². The van der Waals surface area contributed by atoms with Gasteiger partial charge in [-0.25, -0.2) is 0 Å². The lowest BCUT2D eigenvalue weighted by molar-refractivity contribution is 0.463. The van der Waals surface area contributed by atoms with Crippen molar-refractivity contribution < 1.29 is 5.11 Å². The molecule has 0 saturated carbocycles. The quantitative estimate of drug-likeness (QED) is 0.524. The van der Waals surface area contributed by atoms with Gasteiger partial charge in [0, 0.05) is 10.8 Å². The number of hydrogen-bond acceptors (Lipinski definition) is 1. The van der Waals surface area contributed by atoms with Crippen LogP contribution in [0.5, 0.6) is 5.75 Å². The number of rotatable bonds is 4. The minimum atomic E-state index is -0.202. The fraction of sp³-hybridized carbons (Fsp3) is 0.333. The van der Waals surface area contributed by atoms with Crippen LogP contribution in [0.1, 0.15) is 66.6 Å². The van der Waals surface area contributed by atoms with Crippen molar-refractivity contribution in [3.63, 3.8) is 0 Å². The molecule has 1 nitrogen and oxygen atoms in total. The Morgan fingerprint density at radius 1 is 0.607 bits per heavy atom. The van der Waals surface area contributed by atoms with Gasteiger partial charge in [-0.15, -0.1) is 0 Å². The maximum absolute atomic E-state index is 10.8. The third-order valence-electron chi connectivity index (χ3n) is 6.25. The number of phenols is 1. The summed E-state index contributed by atoms with van der Waals surface area (Å²) in [7, 11) is 0. The second-order valence-electron chi connectivity index (χ2n) is 9.16. The van der Waals surface area contributed by atoms with E-state index in [-0.39, 0.29) is 10.8 Å². The Balaban J connectivity index is 2.18. The first-order valence-corrected chi connectivity index (χ1v) is 10.0. The van der Waals surface area contributed by atoms with Crippen molar-refractivity contribution in [2.45, 2.75) is 59.3 Å². The van der Waals surface area contributed by atoms with Crippen LogP contribution in [-0.4, -0.2) is 5.11 Å². The van der Waals surface area contributed by atoms with E-state index in [0.29, 0.717) is 5.75 Å². The van der Waals surface area contributed by atoms with Crippen LogP contribution in [0.15, 0.2) is 60.7 Å². The third-order valence-corrected chi connectivity index (χ3v) is 6.25. The predicted molar refractivity (Wildman–Crippen MR) is 119 cm³/mol. The summed E-state index contributed by atoms with van der Waals surface area (Å²) >= 11 is 0. The molecule has 0 amide bonds. The van der Waals surface area contributed by atoms with Crippen LogP contribution in [-0.2, 0) is 10.8 Å². The molecule has 0 fully saturated rings. The molecule has 3 aromatic rings. The Hall–Kier alpha value is -2.54.